The van der Waals surface area contributed by atoms with Crippen LogP contribution in [0.5, 0.6) is 0 Å². The average Bonchev–Trinajstić information content (AvgIpc) is 2.18. The normalized spacial score (nSPS) is 13.2. The van der Waals surface area contributed by atoms with Gasteiger partial charge in [0.15, 0.2) is 0 Å². The van der Waals surface area contributed by atoms with Crippen LogP contribution in [0.4, 0.5) is 8.78 Å². The van der Waals surface area contributed by atoms with Crippen molar-refractivity contribution >= 4 is 0 Å². The Morgan fingerprint density at radius 2 is 2.21 bits per heavy atom. The first kappa shape index (κ1) is 11.0. The predicted molar refractivity (Wildman–Crippen MR) is 51.4 cm³/mol. The molecule has 4 heteroatoms. The maximum atomic E-state index is 12.3. The lowest BCUT2D eigenvalue weighted by Gasteiger charge is -2.09. The Bertz CT molecular complexity index is 289. The number of aromatic nitrogens is 1. The summed E-state index contributed by atoms with van der Waals surface area (Å²) < 4.78 is 24.6. The average molecular weight is 200 g/mol. The SMILES string of the molecule is CNC(C)Cc1cc(C(F)F)ccn1. The van der Waals surface area contributed by atoms with E-state index >= 15 is 0 Å². The molecule has 1 rings (SSSR count). The third kappa shape index (κ3) is 3.03. The molecule has 0 radical (unpaired) electrons. The van der Waals surface area contributed by atoms with Gasteiger partial charge in [0.05, 0.1) is 0 Å². The monoisotopic (exact) mass is 200 g/mol. The largest absolute Gasteiger partial charge is 0.317 e. The quantitative estimate of drug-likeness (QED) is 0.805. The summed E-state index contributed by atoms with van der Waals surface area (Å²) in [4.78, 5) is 4.04. The Labute approximate surface area is 82.4 Å². The van der Waals surface area contributed by atoms with Crippen molar-refractivity contribution < 1.29 is 8.78 Å². The summed E-state index contributed by atoms with van der Waals surface area (Å²) in [5, 5.41) is 3.03. The van der Waals surface area contributed by atoms with Crippen LogP contribution in [-0.4, -0.2) is 18.1 Å². The molecule has 1 unspecified atom stereocenters. The molecule has 0 aliphatic heterocycles. The zero-order valence-electron chi connectivity index (χ0n) is 8.30. The minimum Gasteiger partial charge on any atom is -0.317 e. The van der Waals surface area contributed by atoms with Gasteiger partial charge in [0.2, 0.25) is 0 Å². The highest BCUT2D eigenvalue weighted by Gasteiger charge is 2.08. The summed E-state index contributed by atoms with van der Waals surface area (Å²) in [7, 11) is 1.83. The Morgan fingerprint density at radius 3 is 2.79 bits per heavy atom. The van der Waals surface area contributed by atoms with E-state index in [9.17, 15) is 8.78 Å². The van der Waals surface area contributed by atoms with E-state index in [1.54, 1.807) is 0 Å². The number of hydrogen-bond donors (Lipinski definition) is 1. The number of likely N-dealkylation sites (N-methyl/N-ethyl adjacent to an activating group) is 1. The van der Waals surface area contributed by atoms with Crippen molar-refractivity contribution in [3.63, 3.8) is 0 Å². The van der Waals surface area contributed by atoms with E-state index < -0.39 is 6.43 Å². The molecule has 1 atom stereocenters. The summed E-state index contributed by atoms with van der Waals surface area (Å²) >= 11 is 0. The maximum Gasteiger partial charge on any atom is 0.263 e. The van der Waals surface area contributed by atoms with Crippen LogP contribution in [0, 0.1) is 0 Å². The number of nitrogens with one attached hydrogen (secondary N) is 1. The minimum atomic E-state index is -2.42. The Balaban J connectivity index is 2.73. The fourth-order valence-corrected chi connectivity index (χ4v) is 1.16. The topological polar surface area (TPSA) is 24.9 Å². The van der Waals surface area contributed by atoms with Gasteiger partial charge in [-0.1, -0.05) is 0 Å². The third-order valence-corrected chi connectivity index (χ3v) is 2.10. The van der Waals surface area contributed by atoms with Gasteiger partial charge in [-0.05, 0) is 26.1 Å². The van der Waals surface area contributed by atoms with Gasteiger partial charge in [-0.2, -0.15) is 0 Å². The van der Waals surface area contributed by atoms with Gasteiger partial charge in [-0.3, -0.25) is 4.98 Å². The highest BCUT2D eigenvalue weighted by molar-refractivity contribution is 5.18. The van der Waals surface area contributed by atoms with Gasteiger partial charge in [0.25, 0.3) is 6.43 Å². The van der Waals surface area contributed by atoms with Crippen molar-refractivity contribution in [2.75, 3.05) is 7.05 Å². The highest BCUT2D eigenvalue weighted by atomic mass is 19.3. The van der Waals surface area contributed by atoms with E-state index in [0.717, 1.165) is 0 Å². The van der Waals surface area contributed by atoms with Crippen LogP contribution in [0.15, 0.2) is 18.3 Å². The lowest BCUT2D eigenvalue weighted by atomic mass is 10.1. The van der Waals surface area contributed by atoms with Crippen LogP contribution in [0.25, 0.3) is 0 Å². The molecule has 1 aromatic rings. The van der Waals surface area contributed by atoms with E-state index in [4.69, 9.17) is 0 Å². The van der Waals surface area contributed by atoms with E-state index in [2.05, 4.69) is 10.3 Å². The minimum absolute atomic E-state index is 0.0401. The third-order valence-electron chi connectivity index (χ3n) is 2.10. The Kier molecular flexibility index (Phi) is 3.95. The molecule has 0 aliphatic rings. The first-order valence-corrected chi connectivity index (χ1v) is 4.53. The lowest BCUT2D eigenvalue weighted by molar-refractivity contribution is 0.151. The first-order valence-electron chi connectivity index (χ1n) is 4.53. The Hall–Kier alpha value is -1.03. The summed E-state index contributed by atoms with van der Waals surface area (Å²) in [6, 6.07) is 3.05. The van der Waals surface area contributed by atoms with Crippen molar-refractivity contribution in [1.29, 1.82) is 0 Å². The highest BCUT2D eigenvalue weighted by Crippen LogP contribution is 2.18. The molecule has 0 amide bonds. The molecule has 1 aromatic heterocycles. The Morgan fingerprint density at radius 1 is 1.50 bits per heavy atom. The van der Waals surface area contributed by atoms with Gasteiger partial charge < -0.3 is 5.32 Å². The number of halogens is 2. The molecular formula is C10H14F2N2. The molecule has 0 saturated heterocycles. The van der Waals surface area contributed by atoms with Crippen molar-refractivity contribution in [2.45, 2.75) is 25.8 Å². The summed E-state index contributed by atoms with van der Waals surface area (Å²) in [6.07, 6.45) is -0.322. The van der Waals surface area contributed by atoms with Crippen LogP contribution < -0.4 is 5.32 Å². The molecule has 78 valence electrons. The van der Waals surface area contributed by atoms with E-state index in [0.29, 0.717) is 12.1 Å². The van der Waals surface area contributed by atoms with Gasteiger partial charge in [0.1, 0.15) is 0 Å². The van der Waals surface area contributed by atoms with Crippen LogP contribution in [0.3, 0.4) is 0 Å². The zero-order valence-corrected chi connectivity index (χ0v) is 8.30. The molecular weight excluding hydrogens is 186 g/mol. The molecule has 0 saturated carbocycles. The second-order valence-electron chi connectivity index (χ2n) is 3.28. The molecule has 0 aliphatic carbocycles. The number of pyridine rings is 1. The predicted octanol–water partition coefficient (Wildman–Crippen LogP) is 2.17. The standard InChI is InChI=1S/C10H14F2N2/c1-7(13-2)5-9-6-8(10(11)12)3-4-14-9/h3-4,6-7,10,13H,5H2,1-2H3. The van der Waals surface area contributed by atoms with Crippen LogP contribution >= 0.6 is 0 Å². The lowest BCUT2D eigenvalue weighted by Crippen LogP contribution is -2.24. The zero-order chi connectivity index (χ0) is 10.6. The molecule has 0 bridgehead atoms. The smallest absolute Gasteiger partial charge is 0.263 e. The van der Waals surface area contributed by atoms with E-state index in [1.165, 1.54) is 18.3 Å². The van der Waals surface area contributed by atoms with Crippen LogP contribution in [0.1, 0.15) is 24.6 Å². The van der Waals surface area contributed by atoms with Crippen molar-refractivity contribution in [1.82, 2.24) is 10.3 Å². The maximum absolute atomic E-state index is 12.3. The summed E-state index contributed by atoms with van der Waals surface area (Å²) in [5.41, 5.74) is 0.739. The summed E-state index contributed by atoms with van der Waals surface area (Å²) in [5.74, 6) is 0. The summed E-state index contributed by atoms with van der Waals surface area (Å²) in [6.45, 7) is 1.98. The number of hydrogen-bond acceptors (Lipinski definition) is 2. The molecule has 1 heterocycles. The van der Waals surface area contributed by atoms with E-state index in [1.807, 2.05) is 14.0 Å². The van der Waals surface area contributed by atoms with Crippen molar-refractivity contribution in [3.8, 4) is 0 Å². The fraction of sp³-hybridized carbons (Fsp3) is 0.500. The molecule has 0 fully saturated rings. The number of alkyl halides is 2. The van der Waals surface area contributed by atoms with Gasteiger partial charge >= 0.3 is 0 Å². The number of rotatable bonds is 4. The van der Waals surface area contributed by atoms with Gasteiger partial charge in [0, 0.05) is 29.9 Å². The van der Waals surface area contributed by atoms with Crippen molar-refractivity contribution in [3.05, 3.63) is 29.6 Å². The van der Waals surface area contributed by atoms with Gasteiger partial charge in [-0.25, -0.2) is 8.78 Å². The van der Waals surface area contributed by atoms with E-state index in [-0.39, 0.29) is 11.6 Å². The molecule has 0 spiro atoms. The first-order chi connectivity index (χ1) is 6.63. The molecule has 1 N–H and O–H groups in total. The van der Waals surface area contributed by atoms with Crippen LogP contribution in [-0.2, 0) is 6.42 Å². The van der Waals surface area contributed by atoms with Crippen LogP contribution in [0.2, 0.25) is 0 Å². The van der Waals surface area contributed by atoms with Crippen molar-refractivity contribution in [2.24, 2.45) is 0 Å². The van der Waals surface area contributed by atoms with Gasteiger partial charge in [-0.15, -0.1) is 0 Å². The number of nitrogens with zero attached hydrogens (tertiary/aromatic N) is 1. The second kappa shape index (κ2) is 5.00. The molecule has 0 aromatic carbocycles. The molecule has 2 nitrogen and oxygen atoms in total. The molecule has 14 heavy (non-hydrogen) atoms. The second-order valence-corrected chi connectivity index (χ2v) is 3.28. The fourth-order valence-electron chi connectivity index (χ4n) is 1.16.